The van der Waals surface area contributed by atoms with Gasteiger partial charge in [0.05, 0.1) is 0 Å². The number of terminal acetylenes is 1. The summed E-state index contributed by atoms with van der Waals surface area (Å²) >= 11 is 0. The lowest BCUT2D eigenvalue weighted by Gasteiger charge is -2.36. The zero-order chi connectivity index (χ0) is 27.9. The molecule has 3 aromatic rings. The molecule has 0 aromatic heterocycles. The maximum atomic E-state index is 13.8. The fraction of sp³-hybridized carbons (Fsp3) is 0.323. The number of nitrogens with zero attached hydrogens (tertiary/aromatic N) is 1. The second-order valence-corrected chi connectivity index (χ2v) is 10.1. The van der Waals surface area contributed by atoms with Crippen LogP contribution in [0.25, 0.3) is 10.8 Å². The smallest absolute Gasteiger partial charge is 0.408 e. The first-order valence-corrected chi connectivity index (χ1v) is 12.7. The number of fused-ring (bicyclic) bond motifs is 1. The Bertz CT molecular complexity index is 1340. The number of alkyl carbamates (subject to hydrolysis) is 1. The van der Waals surface area contributed by atoms with Gasteiger partial charge in [-0.25, -0.2) is 4.79 Å². The summed E-state index contributed by atoms with van der Waals surface area (Å²) in [6, 6.07) is 19.2. The van der Waals surface area contributed by atoms with Gasteiger partial charge in [-0.3, -0.25) is 9.59 Å². The molecule has 0 aliphatic heterocycles. The highest BCUT2D eigenvalue weighted by Crippen LogP contribution is 2.28. The Labute approximate surface area is 224 Å². The van der Waals surface area contributed by atoms with Crippen molar-refractivity contribution in [3.63, 3.8) is 0 Å². The predicted octanol–water partition coefficient (Wildman–Crippen LogP) is 5.65. The Morgan fingerprint density at radius 2 is 1.66 bits per heavy atom. The van der Waals surface area contributed by atoms with Crippen LogP contribution < -0.4 is 10.6 Å². The Morgan fingerprint density at radius 3 is 2.26 bits per heavy atom. The molecular weight excluding hydrogens is 478 g/mol. The van der Waals surface area contributed by atoms with Crippen LogP contribution in [0.3, 0.4) is 0 Å². The van der Waals surface area contributed by atoms with Crippen LogP contribution in [0.5, 0.6) is 0 Å². The van der Waals surface area contributed by atoms with Gasteiger partial charge >= 0.3 is 6.09 Å². The molecule has 0 fully saturated rings. The third-order valence-electron chi connectivity index (χ3n) is 6.07. The van der Waals surface area contributed by atoms with E-state index >= 15 is 0 Å². The van der Waals surface area contributed by atoms with Crippen LogP contribution in [0.15, 0.2) is 66.7 Å². The minimum absolute atomic E-state index is 0.303. The van der Waals surface area contributed by atoms with Gasteiger partial charge in [0.25, 0.3) is 5.91 Å². The number of hydrogen-bond donors (Lipinski definition) is 2. The second-order valence-electron chi connectivity index (χ2n) is 10.1. The fourth-order valence-corrected chi connectivity index (χ4v) is 4.07. The van der Waals surface area contributed by atoms with Crippen molar-refractivity contribution < 1.29 is 19.1 Å². The van der Waals surface area contributed by atoms with E-state index in [-0.39, 0.29) is 18.5 Å². The monoisotopic (exact) mass is 513 g/mol. The number of anilines is 1. The largest absolute Gasteiger partial charge is 0.444 e. The summed E-state index contributed by atoms with van der Waals surface area (Å²) in [6.45, 7) is 8.72. The average molecular weight is 514 g/mol. The van der Waals surface area contributed by atoms with Crippen LogP contribution in [0.1, 0.15) is 58.2 Å². The summed E-state index contributed by atoms with van der Waals surface area (Å²) in [5.74, 6) is 1.79. The van der Waals surface area contributed by atoms with Crippen molar-refractivity contribution in [3.05, 3.63) is 77.9 Å². The van der Waals surface area contributed by atoms with Gasteiger partial charge in [-0.2, -0.15) is 0 Å². The maximum absolute atomic E-state index is 13.8. The normalized spacial score (nSPS) is 12.6. The predicted molar refractivity (Wildman–Crippen MR) is 151 cm³/mol. The van der Waals surface area contributed by atoms with Crippen molar-refractivity contribution in [2.45, 2.75) is 58.7 Å². The Morgan fingerprint density at radius 1 is 1.00 bits per heavy atom. The van der Waals surface area contributed by atoms with Crippen LogP contribution in [0.4, 0.5) is 10.5 Å². The summed E-state index contributed by atoms with van der Waals surface area (Å²) < 4.78 is 5.27. The van der Waals surface area contributed by atoms with Crippen molar-refractivity contribution in [2.75, 3.05) is 11.9 Å². The van der Waals surface area contributed by atoms with E-state index in [9.17, 15) is 14.4 Å². The molecule has 0 saturated heterocycles. The highest BCUT2D eigenvalue weighted by Gasteiger charge is 2.34. The molecule has 3 aromatic carbocycles. The molecule has 0 aliphatic carbocycles. The molecule has 2 N–H and O–H groups in total. The zero-order valence-corrected chi connectivity index (χ0v) is 22.6. The third kappa shape index (κ3) is 7.36. The van der Waals surface area contributed by atoms with Crippen molar-refractivity contribution in [3.8, 4) is 12.3 Å². The van der Waals surface area contributed by atoms with Crippen molar-refractivity contribution in [1.29, 1.82) is 0 Å². The van der Waals surface area contributed by atoms with E-state index in [2.05, 4.69) is 16.6 Å². The molecule has 0 bridgehead atoms. The molecule has 0 heterocycles. The number of rotatable bonds is 8. The zero-order valence-electron chi connectivity index (χ0n) is 22.6. The van der Waals surface area contributed by atoms with E-state index in [0.29, 0.717) is 23.2 Å². The molecule has 2 atom stereocenters. The standard InChI is InChI=1S/C31H35N3O4/c1-7-21(3)34(27(35)20-32-30(37)38-31(4,5)6)28(24-15-13-22(8-2)14-16-24)29(36)33-26-18-17-23-11-9-10-12-25(23)19-26/h2,9-19,21,28H,7,20H2,1,3-6H3,(H,32,37)(H,33,36). The number of carbonyl (C=O) groups excluding carboxylic acids is 3. The summed E-state index contributed by atoms with van der Waals surface area (Å²) in [5.41, 5.74) is 1.18. The molecule has 3 amide bonds. The van der Waals surface area contributed by atoms with Gasteiger partial charge in [-0.05, 0) is 74.7 Å². The lowest BCUT2D eigenvalue weighted by molar-refractivity contribution is -0.140. The van der Waals surface area contributed by atoms with E-state index in [1.54, 1.807) is 45.0 Å². The van der Waals surface area contributed by atoms with Crippen LogP contribution in [-0.4, -0.2) is 41.0 Å². The van der Waals surface area contributed by atoms with E-state index in [0.717, 1.165) is 10.8 Å². The van der Waals surface area contributed by atoms with Gasteiger partial charge in [-0.1, -0.05) is 55.3 Å². The highest BCUT2D eigenvalue weighted by atomic mass is 16.6. The molecule has 0 spiro atoms. The molecule has 38 heavy (non-hydrogen) atoms. The number of nitrogens with one attached hydrogen (secondary N) is 2. The molecule has 0 radical (unpaired) electrons. The molecule has 2 unspecified atom stereocenters. The summed E-state index contributed by atoms with van der Waals surface area (Å²) in [7, 11) is 0. The minimum atomic E-state index is -0.962. The van der Waals surface area contributed by atoms with Crippen LogP contribution in [-0.2, 0) is 14.3 Å². The molecule has 0 aliphatic rings. The van der Waals surface area contributed by atoms with Crippen LogP contribution >= 0.6 is 0 Å². The van der Waals surface area contributed by atoms with Gasteiger partial charge in [0.2, 0.25) is 5.91 Å². The minimum Gasteiger partial charge on any atom is -0.444 e. The molecular formula is C31H35N3O4. The first kappa shape index (κ1) is 28.3. The van der Waals surface area contributed by atoms with Crippen molar-refractivity contribution in [1.82, 2.24) is 10.2 Å². The average Bonchev–Trinajstić information content (AvgIpc) is 2.89. The summed E-state index contributed by atoms with van der Waals surface area (Å²) in [4.78, 5) is 41.1. The van der Waals surface area contributed by atoms with E-state index in [1.165, 1.54) is 4.90 Å². The molecule has 7 heteroatoms. The molecule has 7 nitrogen and oxygen atoms in total. The van der Waals surface area contributed by atoms with Crippen molar-refractivity contribution in [2.24, 2.45) is 0 Å². The fourth-order valence-electron chi connectivity index (χ4n) is 4.07. The topological polar surface area (TPSA) is 87.7 Å². The number of amides is 3. The van der Waals surface area contributed by atoms with Crippen LogP contribution in [0.2, 0.25) is 0 Å². The Kier molecular flexibility index (Phi) is 9.14. The molecule has 0 saturated carbocycles. The van der Waals surface area contributed by atoms with Gasteiger partial charge in [0.1, 0.15) is 18.2 Å². The van der Waals surface area contributed by atoms with Crippen LogP contribution in [0, 0.1) is 12.3 Å². The highest BCUT2D eigenvalue weighted by molar-refractivity contribution is 6.00. The second kappa shape index (κ2) is 12.3. The van der Waals surface area contributed by atoms with Gasteiger partial charge in [-0.15, -0.1) is 6.42 Å². The van der Waals surface area contributed by atoms with Gasteiger partial charge in [0, 0.05) is 17.3 Å². The maximum Gasteiger partial charge on any atom is 0.408 e. The number of ether oxygens (including phenoxy) is 1. The Hall–Kier alpha value is -4.31. The van der Waals surface area contributed by atoms with E-state index < -0.39 is 23.6 Å². The number of carbonyl (C=O) groups is 3. The van der Waals surface area contributed by atoms with Gasteiger partial charge in [0.15, 0.2) is 0 Å². The van der Waals surface area contributed by atoms with Gasteiger partial charge < -0.3 is 20.3 Å². The SMILES string of the molecule is C#Cc1ccc(C(C(=O)Nc2ccc3ccccc3c2)N(C(=O)CNC(=O)OC(C)(C)C)C(C)CC)cc1. The number of benzene rings is 3. The Balaban J connectivity index is 1.94. The van der Waals surface area contributed by atoms with E-state index in [4.69, 9.17) is 11.2 Å². The first-order valence-electron chi connectivity index (χ1n) is 12.7. The number of hydrogen-bond acceptors (Lipinski definition) is 4. The summed E-state index contributed by atoms with van der Waals surface area (Å²) in [6.07, 6.45) is 5.42. The molecule has 198 valence electrons. The molecule has 3 rings (SSSR count). The summed E-state index contributed by atoms with van der Waals surface area (Å²) in [5, 5.41) is 7.54. The van der Waals surface area contributed by atoms with E-state index in [1.807, 2.05) is 56.3 Å². The lowest BCUT2D eigenvalue weighted by atomic mass is 9.99. The van der Waals surface area contributed by atoms with Crippen molar-refractivity contribution >= 4 is 34.4 Å². The first-order chi connectivity index (χ1) is 18.0. The lowest BCUT2D eigenvalue weighted by Crippen LogP contribution is -2.50. The quantitative estimate of drug-likeness (QED) is 0.381. The third-order valence-corrected chi connectivity index (χ3v) is 6.07.